The van der Waals surface area contributed by atoms with Gasteiger partial charge in [0.25, 0.3) is 5.91 Å². The Hall–Kier alpha value is -1.79. The molecule has 0 aliphatic heterocycles. The molecule has 0 heterocycles. The first kappa shape index (κ1) is 21.2. The maximum Gasteiger partial charge on any atom is 0.321 e. The number of nitrogens with two attached hydrogens (primary N) is 1. The second-order valence-electron chi connectivity index (χ2n) is 5.55. The van der Waals surface area contributed by atoms with Crippen LogP contribution in [-0.4, -0.2) is 43.0 Å². The van der Waals surface area contributed by atoms with Crippen molar-refractivity contribution in [3.8, 4) is 0 Å². The molecule has 130 valence electrons. The van der Waals surface area contributed by atoms with Crippen LogP contribution in [0.15, 0.2) is 24.3 Å². The number of urea groups is 1. The zero-order valence-electron chi connectivity index (χ0n) is 14.2. The summed E-state index contributed by atoms with van der Waals surface area (Å²) in [6.45, 7) is 4.40. The molecule has 0 aromatic heterocycles. The normalized spacial score (nSPS) is 10.5. The van der Waals surface area contributed by atoms with E-state index in [2.05, 4.69) is 10.6 Å². The van der Waals surface area contributed by atoms with Crippen LogP contribution in [-0.2, 0) is 0 Å². The van der Waals surface area contributed by atoms with Gasteiger partial charge in [0.15, 0.2) is 0 Å². The first-order chi connectivity index (χ1) is 10.4. The molecule has 0 radical (unpaired) electrons. The zero-order chi connectivity index (χ0) is 16.8. The summed E-state index contributed by atoms with van der Waals surface area (Å²) in [5.41, 5.74) is 6.50. The summed E-state index contributed by atoms with van der Waals surface area (Å²) in [4.78, 5) is 25.5. The lowest BCUT2D eigenvalue weighted by atomic mass is 9.92. The zero-order valence-corrected chi connectivity index (χ0v) is 15.0. The maximum atomic E-state index is 12.4. The van der Waals surface area contributed by atoms with E-state index in [1.807, 2.05) is 13.8 Å². The summed E-state index contributed by atoms with van der Waals surface area (Å²) in [6.07, 6.45) is 1.53. The Bertz CT molecular complexity index is 522. The van der Waals surface area contributed by atoms with Crippen LogP contribution in [0.1, 0.15) is 37.0 Å². The highest BCUT2D eigenvalue weighted by atomic mass is 35.5. The highest BCUT2D eigenvalue weighted by Gasteiger charge is 2.26. The molecule has 3 amide bonds. The van der Waals surface area contributed by atoms with E-state index in [-0.39, 0.29) is 29.9 Å². The fourth-order valence-corrected chi connectivity index (χ4v) is 2.05. The second-order valence-corrected chi connectivity index (χ2v) is 5.55. The molecule has 23 heavy (non-hydrogen) atoms. The molecule has 0 unspecified atom stereocenters. The van der Waals surface area contributed by atoms with Crippen LogP contribution in [0, 0.1) is 0 Å². The van der Waals surface area contributed by atoms with Gasteiger partial charge in [-0.3, -0.25) is 4.79 Å². The number of anilines is 1. The van der Waals surface area contributed by atoms with E-state index < -0.39 is 0 Å². The number of hydrogen-bond donors (Lipinski definition) is 3. The van der Waals surface area contributed by atoms with Gasteiger partial charge in [0, 0.05) is 31.9 Å². The molecule has 6 nitrogen and oxygen atoms in total. The number of carbonyl (C=O) groups is 2. The van der Waals surface area contributed by atoms with Crippen LogP contribution in [0.5, 0.6) is 0 Å². The number of hydrogen-bond acceptors (Lipinski definition) is 3. The van der Waals surface area contributed by atoms with Gasteiger partial charge >= 0.3 is 6.03 Å². The van der Waals surface area contributed by atoms with Crippen molar-refractivity contribution in [2.75, 3.05) is 26.0 Å². The highest BCUT2D eigenvalue weighted by Crippen LogP contribution is 2.16. The van der Waals surface area contributed by atoms with Gasteiger partial charge in [0.2, 0.25) is 0 Å². The van der Waals surface area contributed by atoms with Crippen LogP contribution in [0.3, 0.4) is 0 Å². The van der Waals surface area contributed by atoms with Crippen LogP contribution >= 0.6 is 12.4 Å². The van der Waals surface area contributed by atoms with Crippen molar-refractivity contribution in [1.29, 1.82) is 0 Å². The lowest BCUT2D eigenvalue weighted by Crippen LogP contribution is -2.52. The van der Waals surface area contributed by atoms with E-state index in [1.165, 1.54) is 4.90 Å². The molecule has 0 spiro atoms. The average molecular weight is 343 g/mol. The van der Waals surface area contributed by atoms with Crippen molar-refractivity contribution >= 4 is 30.0 Å². The van der Waals surface area contributed by atoms with E-state index in [0.717, 1.165) is 12.8 Å². The third kappa shape index (κ3) is 5.73. The van der Waals surface area contributed by atoms with Crippen molar-refractivity contribution < 1.29 is 9.59 Å². The molecule has 0 atom stereocenters. The Morgan fingerprint density at radius 2 is 1.83 bits per heavy atom. The minimum Gasteiger partial charge on any atom is -0.345 e. The van der Waals surface area contributed by atoms with Crippen LogP contribution in [0.2, 0.25) is 0 Å². The van der Waals surface area contributed by atoms with E-state index in [0.29, 0.717) is 17.8 Å². The number of benzene rings is 1. The molecule has 4 N–H and O–H groups in total. The molecule has 0 aliphatic carbocycles. The summed E-state index contributed by atoms with van der Waals surface area (Å²) >= 11 is 0. The number of halogens is 1. The van der Waals surface area contributed by atoms with Gasteiger partial charge in [-0.25, -0.2) is 4.79 Å². The minimum atomic E-state index is -0.389. The predicted molar refractivity (Wildman–Crippen MR) is 96.2 cm³/mol. The lowest BCUT2D eigenvalue weighted by molar-refractivity contribution is 0.0895. The largest absolute Gasteiger partial charge is 0.345 e. The Morgan fingerprint density at radius 3 is 2.30 bits per heavy atom. The molecule has 1 aromatic rings. The number of carbonyl (C=O) groups excluding carboxylic acids is 2. The summed E-state index contributed by atoms with van der Waals surface area (Å²) in [7, 11) is 3.31. The first-order valence-corrected chi connectivity index (χ1v) is 7.48. The third-order valence-electron chi connectivity index (χ3n) is 3.91. The van der Waals surface area contributed by atoms with Crippen LogP contribution < -0.4 is 16.4 Å². The molecule has 0 bridgehead atoms. The maximum absolute atomic E-state index is 12.4. The molecule has 1 aromatic carbocycles. The smallest absolute Gasteiger partial charge is 0.321 e. The van der Waals surface area contributed by atoms with E-state index in [1.54, 1.807) is 38.4 Å². The summed E-state index contributed by atoms with van der Waals surface area (Å²) in [6, 6.07) is 6.61. The van der Waals surface area contributed by atoms with Crippen molar-refractivity contribution in [3.05, 3.63) is 29.8 Å². The van der Waals surface area contributed by atoms with Crippen LogP contribution in [0.4, 0.5) is 10.5 Å². The Morgan fingerprint density at radius 1 is 1.22 bits per heavy atom. The molecule has 0 aliphatic rings. The summed E-state index contributed by atoms with van der Waals surface area (Å²) < 4.78 is 0. The fraction of sp³-hybridized carbons (Fsp3) is 0.500. The Labute approximate surface area is 144 Å². The number of nitrogens with one attached hydrogen (secondary N) is 2. The SMILES string of the molecule is CCC(CC)(CN)NC(=O)c1cccc(NC(=O)N(C)C)c1.Cl. The Balaban J connectivity index is 0.00000484. The minimum absolute atomic E-state index is 0. The van der Waals surface area contributed by atoms with E-state index >= 15 is 0 Å². The van der Waals surface area contributed by atoms with Crippen molar-refractivity contribution in [2.45, 2.75) is 32.2 Å². The van der Waals surface area contributed by atoms with Gasteiger partial charge in [-0.05, 0) is 31.0 Å². The second kappa shape index (κ2) is 9.37. The number of nitrogens with zero attached hydrogens (tertiary/aromatic N) is 1. The first-order valence-electron chi connectivity index (χ1n) is 7.48. The van der Waals surface area contributed by atoms with Gasteiger partial charge in [-0.15, -0.1) is 12.4 Å². The van der Waals surface area contributed by atoms with Crippen molar-refractivity contribution in [2.24, 2.45) is 5.73 Å². The summed E-state index contributed by atoms with van der Waals surface area (Å²) in [5.74, 6) is -0.185. The quantitative estimate of drug-likeness (QED) is 0.742. The van der Waals surface area contributed by atoms with Gasteiger partial charge in [0.05, 0.1) is 5.54 Å². The molecule has 1 rings (SSSR count). The fourth-order valence-electron chi connectivity index (χ4n) is 2.05. The van der Waals surface area contributed by atoms with Gasteiger partial charge in [-0.1, -0.05) is 19.9 Å². The van der Waals surface area contributed by atoms with E-state index in [9.17, 15) is 9.59 Å². The van der Waals surface area contributed by atoms with Crippen molar-refractivity contribution in [1.82, 2.24) is 10.2 Å². The van der Waals surface area contributed by atoms with E-state index in [4.69, 9.17) is 5.73 Å². The lowest BCUT2D eigenvalue weighted by Gasteiger charge is -2.31. The monoisotopic (exact) mass is 342 g/mol. The van der Waals surface area contributed by atoms with Crippen LogP contribution in [0.25, 0.3) is 0 Å². The summed E-state index contributed by atoms with van der Waals surface area (Å²) in [5, 5.41) is 5.74. The molecule has 0 fully saturated rings. The standard InChI is InChI=1S/C16H26N4O2.ClH/c1-5-16(6-2,11-17)19-14(21)12-8-7-9-13(10-12)18-15(22)20(3)4;/h7-10H,5-6,11,17H2,1-4H3,(H,18,22)(H,19,21);1H. The molecule has 0 saturated heterocycles. The van der Waals surface area contributed by atoms with Gasteiger partial charge in [0.1, 0.15) is 0 Å². The molecular formula is C16H27ClN4O2. The average Bonchev–Trinajstić information content (AvgIpc) is 2.52. The predicted octanol–water partition coefficient (Wildman–Crippen LogP) is 2.45. The number of rotatable bonds is 6. The van der Waals surface area contributed by atoms with Crippen molar-refractivity contribution in [3.63, 3.8) is 0 Å². The molecule has 0 saturated carbocycles. The molecular weight excluding hydrogens is 316 g/mol. The highest BCUT2D eigenvalue weighted by molar-refractivity contribution is 5.97. The topological polar surface area (TPSA) is 87.5 Å². The Kier molecular flexibility index (Phi) is 8.64. The number of amides is 3. The third-order valence-corrected chi connectivity index (χ3v) is 3.91. The van der Waals surface area contributed by atoms with Gasteiger partial charge in [-0.2, -0.15) is 0 Å². The molecule has 7 heteroatoms. The van der Waals surface area contributed by atoms with Gasteiger partial charge < -0.3 is 21.3 Å².